The van der Waals surface area contributed by atoms with Gasteiger partial charge in [0.25, 0.3) is 5.56 Å². The summed E-state index contributed by atoms with van der Waals surface area (Å²) >= 11 is 0. The van der Waals surface area contributed by atoms with E-state index in [4.69, 9.17) is 15.0 Å². The lowest BCUT2D eigenvalue weighted by Crippen LogP contribution is -2.22. The molecular weight excluding hydrogens is 325 g/mol. The summed E-state index contributed by atoms with van der Waals surface area (Å²) in [6.07, 6.45) is 2.06. The number of aromatic amines is 1. The van der Waals surface area contributed by atoms with Crippen molar-refractivity contribution < 1.29 is 18.7 Å². The highest BCUT2D eigenvalue weighted by Crippen LogP contribution is 2.49. The number of nitrogens with one attached hydrogen (secondary N) is 1. The molecule has 11 heteroatoms. The number of hydrogen-bond acceptors (Lipinski definition) is 8. The largest absolute Gasteiger partial charge is 0.777 e. The lowest BCUT2D eigenvalue weighted by atomic mass is 10.2. The molecule has 1 unspecified atom stereocenters. The van der Waals surface area contributed by atoms with Gasteiger partial charge in [0.05, 0.1) is 25.6 Å². The summed E-state index contributed by atoms with van der Waals surface area (Å²) in [6, 6.07) is 0. The van der Waals surface area contributed by atoms with Crippen LogP contribution in [0.3, 0.4) is 0 Å². The number of aromatic nitrogens is 4. The fraction of sp³-hybridized carbons (Fsp3) is 0.583. The molecule has 10 nitrogen and oxygen atoms in total. The van der Waals surface area contributed by atoms with E-state index in [1.54, 1.807) is 11.5 Å². The van der Waals surface area contributed by atoms with Gasteiger partial charge in [-0.3, -0.25) is 9.78 Å². The summed E-state index contributed by atoms with van der Waals surface area (Å²) < 4.78 is 23.8. The lowest BCUT2D eigenvalue weighted by Gasteiger charge is -2.28. The maximum Gasteiger partial charge on any atom is 0.280 e. The van der Waals surface area contributed by atoms with E-state index >= 15 is 0 Å². The van der Waals surface area contributed by atoms with Gasteiger partial charge in [-0.15, -0.1) is 0 Å². The van der Waals surface area contributed by atoms with E-state index in [0.717, 1.165) is 0 Å². The number of nitrogens with two attached hydrogens (primary N) is 1. The van der Waals surface area contributed by atoms with E-state index in [0.29, 0.717) is 25.0 Å². The summed E-state index contributed by atoms with van der Waals surface area (Å²) in [7, 11) is -4.02. The van der Waals surface area contributed by atoms with E-state index in [-0.39, 0.29) is 24.2 Å². The summed E-state index contributed by atoms with van der Waals surface area (Å²) in [5.41, 5.74) is 5.64. The van der Waals surface area contributed by atoms with Crippen LogP contribution in [0.2, 0.25) is 0 Å². The molecule has 2 aromatic rings. The van der Waals surface area contributed by atoms with Crippen LogP contribution >= 0.6 is 7.60 Å². The van der Waals surface area contributed by atoms with Crippen LogP contribution in [0.5, 0.6) is 0 Å². The van der Waals surface area contributed by atoms with Gasteiger partial charge in [-0.25, -0.2) is 4.98 Å². The molecule has 3 rings (SSSR count). The predicted molar refractivity (Wildman–Crippen MR) is 79.7 cm³/mol. The Kier molecular flexibility index (Phi) is 4.24. The first-order chi connectivity index (χ1) is 10.9. The zero-order chi connectivity index (χ0) is 16.6. The second kappa shape index (κ2) is 6.04. The molecule has 126 valence electrons. The van der Waals surface area contributed by atoms with Gasteiger partial charge in [0.1, 0.15) is 5.85 Å². The normalized spacial score (nSPS) is 24.1. The number of ether oxygens (including phenoxy) is 1. The Morgan fingerprint density at radius 3 is 3.13 bits per heavy atom. The summed E-state index contributed by atoms with van der Waals surface area (Å²) in [5.74, 6) is -0.946. The third kappa shape index (κ3) is 3.16. The summed E-state index contributed by atoms with van der Waals surface area (Å²) in [6.45, 7) is 2.03. The van der Waals surface area contributed by atoms with E-state index in [2.05, 4.69) is 15.0 Å². The molecule has 0 radical (unpaired) electrons. The number of fused-ring (bicyclic) bond motifs is 1. The minimum atomic E-state index is -4.02. The monoisotopic (exact) mass is 342 g/mol. The molecule has 0 aliphatic carbocycles. The molecule has 23 heavy (non-hydrogen) atoms. The van der Waals surface area contributed by atoms with Gasteiger partial charge in [-0.05, 0) is 19.8 Å². The molecule has 1 fully saturated rings. The van der Waals surface area contributed by atoms with Crippen molar-refractivity contribution in [1.82, 2.24) is 19.5 Å². The quantitative estimate of drug-likeness (QED) is 0.709. The van der Waals surface area contributed by atoms with Gasteiger partial charge < -0.3 is 29.0 Å². The summed E-state index contributed by atoms with van der Waals surface area (Å²) in [5, 5.41) is 0. The van der Waals surface area contributed by atoms with Gasteiger partial charge in [0.2, 0.25) is 5.95 Å². The van der Waals surface area contributed by atoms with Crippen LogP contribution in [0.4, 0.5) is 5.95 Å². The number of nitrogen functional groups attached to an aromatic ring is 1. The van der Waals surface area contributed by atoms with Crippen molar-refractivity contribution in [1.29, 1.82) is 0 Å². The average Bonchev–Trinajstić information content (AvgIpc) is 3.08. The Morgan fingerprint density at radius 2 is 2.39 bits per heavy atom. The van der Waals surface area contributed by atoms with Crippen molar-refractivity contribution in [2.24, 2.45) is 0 Å². The molecule has 3 N–H and O–H groups in total. The molecular formula is C12H17N5O5P-. The van der Waals surface area contributed by atoms with Crippen molar-refractivity contribution in [3.63, 3.8) is 0 Å². The molecule has 1 aliphatic heterocycles. The second-order valence-electron chi connectivity index (χ2n) is 5.27. The van der Waals surface area contributed by atoms with E-state index in [1.165, 1.54) is 6.33 Å². The highest BCUT2D eigenvalue weighted by atomic mass is 31.2. The molecule has 0 spiro atoms. The third-order valence-electron chi connectivity index (χ3n) is 3.64. The zero-order valence-corrected chi connectivity index (χ0v) is 13.4. The highest BCUT2D eigenvalue weighted by Gasteiger charge is 2.33. The zero-order valence-electron chi connectivity index (χ0n) is 12.5. The number of hydrogen-bond donors (Lipinski definition) is 2. The molecule has 1 aliphatic rings. The van der Waals surface area contributed by atoms with Crippen LogP contribution < -0.4 is 16.2 Å². The molecule has 0 aromatic carbocycles. The van der Waals surface area contributed by atoms with Crippen LogP contribution in [-0.2, 0) is 20.4 Å². The van der Waals surface area contributed by atoms with Crippen molar-refractivity contribution >= 4 is 24.7 Å². The predicted octanol–water partition coefficient (Wildman–Crippen LogP) is -0.203. The van der Waals surface area contributed by atoms with Gasteiger partial charge in [0.15, 0.2) is 18.8 Å². The number of H-pyrrole nitrogens is 1. The fourth-order valence-electron chi connectivity index (χ4n) is 2.64. The van der Waals surface area contributed by atoms with Gasteiger partial charge >= 0.3 is 0 Å². The van der Waals surface area contributed by atoms with Crippen LogP contribution in [0.15, 0.2) is 11.1 Å². The number of imidazole rings is 1. The molecule has 0 amide bonds. The van der Waals surface area contributed by atoms with Crippen molar-refractivity contribution in [3.8, 4) is 0 Å². The standard InChI is InChI=1S/C12H18N5O5P/c1-2-21-23(19,20)8-4-3-7(22-8)5-17-6-14-9-10(17)15-12(13)16-11(9)18/h6-8H,2-5H2,1H3,(H,19,20)(H3,13,15,16,18)/p-1/t7-,8+/m0/s1. The number of nitrogens with zero attached hydrogens (tertiary/aromatic N) is 3. The van der Waals surface area contributed by atoms with Crippen molar-refractivity contribution in [3.05, 3.63) is 16.7 Å². The van der Waals surface area contributed by atoms with E-state index in [9.17, 15) is 14.3 Å². The SMILES string of the molecule is CCOP(=O)([O-])[C@@H]1CC[C@@H](Cn2cnc3c(=O)[nH]c(N)nc32)O1. The topological polar surface area (TPSA) is 148 Å². The fourth-order valence-corrected chi connectivity index (χ4v) is 3.95. The Hall–Kier alpha value is -1.74. The van der Waals surface area contributed by atoms with Gasteiger partial charge in [0, 0.05) is 0 Å². The first kappa shape index (κ1) is 16.1. The smallest absolute Gasteiger partial charge is 0.280 e. The molecule has 0 saturated carbocycles. The Balaban J connectivity index is 1.77. The lowest BCUT2D eigenvalue weighted by molar-refractivity contribution is -0.209. The maximum absolute atomic E-state index is 11.9. The van der Waals surface area contributed by atoms with Crippen molar-refractivity contribution in [2.45, 2.75) is 38.3 Å². The van der Waals surface area contributed by atoms with Crippen LogP contribution in [-0.4, -0.2) is 38.1 Å². The van der Waals surface area contributed by atoms with Gasteiger partial charge in [-0.1, -0.05) is 0 Å². The van der Waals surface area contributed by atoms with Crippen molar-refractivity contribution in [2.75, 3.05) is 12.3 Å². The Morgan fingerprint density at radius 1 is 1.61 bits per heavy atom. The summed E-state index contributed by atoms with van der Waals surface area (Å²) in [4.78, 5) is 34.0. The Bertz CT molecular complexity index is 818. The molecule has 2 aromatic heterocycles. The first-order valence-corrected chi connectivity index (χ1v) is 8.83. The minimum Gasteiger partial charge on any atom is -0.777 e. The third-order valence-corrected chi connectivity index (χ3v) is 5.34. The van der Waals surface area contributed by atoms with Gasteiger partial charge in [-0.2, -0.15) is 4.98 Å². The molecule has 0 bridgehead atoms. The number of rotatable bonds is 5. The van der Waals surface area contributed by atoms with E-state index in [1.807, 2.05) is 0 Å². The van der Waals surface area contributed by atoms with Crippen LogP contribution in [0, 0.1) is 0 Å². The highest BCUT2D eigenvalue weighted by molar-refractivity contribution is 7.51. The molecule has 1 saturated heterocycles. The second-order valence-corrected chi connectivity index (χ2v) is 7.18. The van der Waals surface area contributed by atoms with Crippen LogP contribution in [0.1, 0.15) is 19.8 Å². The first-order valence-electron chi connectivity index (χ1n) is 7.22. The minimum absolute atomic E-state index is 0.00475. The molecule has 3 atom stereocenters. The van der Waals surface area contributed by atoms with Crippen LogP contribution in [0.25, 0.3) is 11.2 Å². The maximum atomic E-state index is 11.9. The average molecular weight is 342 g/mol. The number of anilines is 1. The Labute approximate surface area is 131 Å². The van der Waals surface area contributed by atoms with E-state index < -0.39 is 19.0 Å². The molecule has 3 heterocycles.